The summed E-state index contributed by atoms with van der Waals surface area (Å²) in [7, 11) is 1.65. The van der Waals surface area contributed by atoms with Crippen molar-refractivity contribution >= 4 is 23.2 Å². The Kier molecular flexibility index (Phi) is 5.86. The molecule has 0 atom stereocenters. The highest BCUT2D eigenvalue weighted by atomic mass is 19.1. The van der Waals surface area contributed by atoms with Gasteiger partial charge in [0.05, 0.1) is 12.8 Å². The van der Waals surface area contributed by atoms with E-state index in [0.29, 0.717) is 31.7 Å². The summed E-state index contributed by atoms with van der Waals surface area (Å²) in [5.74, 6) is 0.00444. The van der Waals surface area contributed by atoms with Gasteiger partial charge in [0.1, 0.15) is 29.5 Å². The van der Waals surface area contributed by atoms with Crippen molar-refractivity contribution in [1.82, 2.24) is 9.80 Å². The van der Waals surface area contributed by atoms with E-state index in [1.54, 1.807) is 25.9 Å². The van der Waals surface area contributed by atoms with E-state index >= 15 is 0 Å². The first kappa shape index (κ1) is 21.8. The van der Waals surface area contributed by atoms with Crippen LogP contribution in [0.15, 0.2) is 53.5 Å². The first-order valence-corrected chi connectivity index (χ1v) is 10.6. The number of piperazine rings is 1. The van der Waals surface area contributed by atoms with Gasteiger partial charge < -0.3 is 19.4 Å². The summed E-state index contributed by atoms with van der Waals surface area (Å²) < 4.78 is 18.7. The Morgan fingerprint density at radius 1 is 1.06 bits per heavy atom. The number of benzene rings is 2. The van der Waals surface area contributed by atoms with Crippen molar-refractivity contribution in [2.45, 2.75) is 19.5 Å². The average Bonchev–Trinajstić information content (AvgIpc) is 3.03. The van der Waals surface area contributed by atoms with Crippen LogP contribution in [-0.2, 0) is 9.59 Å². The third-order valence-electron chi connectivity index (χ3n) is 5.96. The molecule has 2 aliphatic rings. The van der Waals surface area contributed by atoms with Crippen molar-refractivity contribution in [3.8, 4) is 5.75 Å². The average molecular weight is 439 g/mol. The molecule has 2 aromatic carbocycles. The summed E-state index contributed by atoms with van der Waals surface area (Å²) in [5.41, 5.74) is 0.958. The molecule has 4 rings (SSSR count). The van der Waals surface area contributed by atoms with E-state index in [9.17, 15) is 14.0 Å². The number of methoxy groups -OCH3 is 1. The van der Waals surface area contributed by atoms with Gasteiger partial charge in [-0.2, -0.15) is 0 Å². The van der Waals surface area contributed by atoms with E-state index < -0.39 is 5.66 Å². The number of rotatable bonds is 5. The van der Waals surface area contributed by atoms with Crippen LogP contribution < -0.4 is 9.64 Å². The van der Waals surface area contributed by atoms with Crippen molar-refractivity contribution in [2.75, 3.05) is 44.7 Å². The molecule has 2 heterocycles. The quantitative estimate of drug-likeness (QED) is 0.720. The summed E-state index contributed by atoms with van der Waals surface area (Å²) in [6, 6.07) is 13.5. The maximum atomic E-state index is 13.3. The SMILES string of the molecule is COc1ccccc1N1CCN(C(=O)CN2C(=O)C(c3ccc(F)cc3)=NC2(C)C)CC1. The number of carbonyl (C=O) groups excluding carboxylic acids is 2. The van der Waals surface area contributed by atoms with Gasteiger partial charge in [-0.05, 0) is 50.2 Å². The van der Waals surface area contributed by atoms with E-state index in [1.807, 2.05) is 24.3 Å². The molecule has 0 aromatic heterocycles. The van der Waals surface area contributed by atoms with Crippen LogP contribution in [0.5, 0.6) is 5.75 Å². The third-order valence-corrected chi connectivity index (χ3v) is 5.96. The summed E-state index contributed by atoms with van der Waals surface area (Å²) in [6.45, 7) is 6.04. The van der Waals surface area contributed by atoms with Crippen molar-refractivity contribution in [1.29, 1.82) is 0 Å². The highest BCUT2D eigenvalue weighted by Gasteiger charge is 2.42. The summed E-state index contributed by atoms with van der Waals surface area (Å²) in [4.78, 5) is 36.1. The van der Waals surface area contributed by atoms with E-state index in [2.05, 4.69) is 9.89 Å². The normalized spacial score (nSPS) is 18.1. The smallest absolute Gasteiger partial charge is 0.275 e. The lowest BCUT2D eigenvalue weighted by Gasteiger charge is -2.38. The minimum atomic E-state index is -0.851. The van der Waals surface area contributed by atoms with Crippen LogP contribution in [0.1, 0.15) is 19.4 Å². The van der Waals surface area contributed by atoms with Crippen LogP contribution in [0.4, 0.5) is 10.1 Å². The third kappa shape index (κ3) is 4.17. The number of halogens is 1. The Balaban J connectivity index is 1.40. The summed E-state index contributed by atoms with van der Waals surface area (Å²) in [5, 5.41) is 0. The predicted octanol–water partition coefficient (Wildman–Crippen LogP) is 2.55. The highest BCUT2D eigenvalue weighted by molar-refractivity contribution is 6.46. The summed E-state index contributed by atoms with van der Waals surface area (Å²) >= 11 is 0. The molecule has 1 saturated heterocycles. The summed E-state index contributed by atoms with van der Waals surface area (Å²) in [6.07, 6.45) is 0. The molecule has 0 unspecified atom stereocenters. The van der Waals surface area contributed by atoms with E-state index in [4.69, 9.17) is 4.74 Å². The monoisotopic (exact) mass is 438 g/mol. The number of ether oxygens (including phenoxy) is 1. The van der Waals surface area contributed by atoms with E-state index in [0.717, 1.165) is 11.4 Å². The van der Waals surface area contributed by atoms with Crippen LogP contribution in [0, 0.1) is 5.82 Å². The fourth-order valence-corrected chi connectivity index (χ4v) is 4.14. The molecule has 8 heteroatoms. The van der Waals surface area contributed by atoms with E-state index in [-0.39, 0.29) is 29.9 Å². The number of anilines is 1. The van der Waals surface area contributed by atoms with Crippen LogP contribution in [0.2, 0.25) is 0 Å². The van der Waals surface area contributed by atoms with Gasteiger partial charge >= 0.3 is 0 Å². The first-order valence-electron chi connectivity index (χ1n) is 10.6. The van der Waals surface area contributed by atoms with Gasteiger partial charge in [-0.25, -0.2) is 4.39 Å². The largest absolute Gasteiger partial charge is 0.495 e. The molecular weight excluding hydrogens is 411 g/mol. The fraction of sp³-hybridized carbons (Fsp3) is 0.375. The van der Waals surface area contributed by atoms with Gasteiger partial charge in [0.2, 0.25) is 5.91 Å². The number of hydrogen-bond acceptors (Lipinski definition) is 5. The molecule has 0 aliphatic carbocycles. The Morgan fingerprint density at radius 2 is 1.72 bits per heavy atom. The molecule has 168 valence electrons. The minimum Gasteiger partial charge on any atom is -0.495 e. The maximum Gasteiger partial charge on any atom is 0.275 e. The second-order valence-electron chi connectivity index (χ2n) is 8.39. The van der Waals surface area contributed by atoms with Crippen LogP contribution >= 0.6 is 0 Å². The predicted molar refractivity (Wildman–Crippen MR) is 121 cm³/mol. The Labute approximate surface area is 187 Å². The number of carbonyl (C=O) groups is 2. The molecule has 7 nitrogen and oxygen atoms in total. The van der Waals surface area contributed by atoms with Gasteiger partial charge in [-0.1, -0.05) is 12.1 Å². The van der Waals surface area contributed by atoms with Gasteiger partial charge in [0.25, 0.3) is 5.91 Å². The van der Waals surface area contributed by atoms with Crippen molar-refractivity contribution < 1.29 is 18.7 Å². The van der Waals surface area contributed by atoms with Crippen molar-refractivity contribution in [3.05, 3.63) is 59.9 Å². The second-order valence-corrected chi connectivity index (χ2v) is 8.39. The zero-order valence-electron chi connectivity index (χ0n) is 18.5. The van der Waals surface area contributed by atoms with Gasteiger partial charge in [0, 0.05) is 31.7 Å². The molecule has 0 bridgehead atoms. The molecule has 32 heavy (non-hydrogen) atoms. The number of amides is 2. The maximum absolute atomic E-state index is 13.3. The van der Waals surface area contributed by atoms with Gasteiger partial charge in [0.15, 0.2) is 0 Å². The molecule has 2 aliphatic heterocycles. The first-order chi connectivity index (χ1) is 15.3. The highest BCUT2D eigenvalue weighted by Crippen LogP contribution is 2.29. The number of para-hydroxylation sites is 2. The molecule has 0 spiro atoms. The van der Waals surface area contributed by atoms with Crippen LogP contribution in [-0.4, -0.2) is 72.8 Å². The molecule has 0 radical (unpaired) electrons. The second kappa shape index (κ2) is 8.61. The molecule has 2 aromatic rings. The molecule has 2 amide bonds. The number of aliphatic imine (C=N–C) groups is 1. The lowest BCUT2D eigenvalue weighted by atomic mass is 10.1. The standard InChI is InChI=1S/C24H27FN4O3/c1-24(2)26-22(17-8-10-18(25)11-9-17)23(31)29(24)16-21(30)28-14-12-27(13-15-28)19-6-4-5-7-20(19)32-3/h4-11H,12-16H2,1-3H3. The van der Waals surface area contributed by atoms with Crippen molar-refractivity contribution in [3.63, 3.8) is 0 Å². The van der Waals surface area contributed by atoms with Crippen LogP contribution in [0.25, 0.3) is 0 Å². The van der Waals surface area contributed by atoms with Crippen molar-refractivity contribution in [2.24, 2.45) is 4.99 Å². The topological polar surface area (TPSA) is 65.5 Å². The minimum absolute atomic E-state index is 0.0469. The molecular formula is C24H27FN4O3. The lowest BCUT2D eigenvalue weighted by Crippen LogP contribution is -2.54. The molecule has 0 saturated carbocycles. The zero-order valence-corrected chi connectivity index (χ0v) is 18.5. The van der Waals surface area contributed by atoms with Gasteiger partial charge in [-0.3, -0.25) is 14.6 Å². The fourth-order valence-electron chi connectivity index (χ4n) is 4.14. The number of hydrogen-bond donors (Lipinski definition) is 0. The van der Waals surface area contributed by atoms with E-state index in [1.165, 1.54) is 29.2 Å². The zero-order chi connectivity index (χ0) is 22.9. The Morgan fingerprint density at radius 3 is 2.38 bits per heavy atom. The lowest BCUT2D eigenvalue weighted by molar-refractivity contribution is -0.140. The Hall–Kier alpha value is -3.42. The Bertz CT molecular complexity index is 1040. The number of nitrogens with zero attached hydrogens (tertiary/aromatic N) is 4. The van der Waals surface area contributed by atoms with Crippen LogP contribution in [0.3, 0.4) is 0 Å². The molecule has 0 N–H and O–H groups in total. The molecule has 1 fully saturated rings. The van der Waals surface area contributed by atoms with Gasteiger partial charge in [-0.15, -0.1) is 0 Å².